The van der Waals surface area contributed by atoms with Crippen LogP contribution in [0.4, 0.5) is 0 Å². The van der Waals surface area contributed by atoms with Crippen LogP contribution in [0, 0.1) is 0 Å². The molecule has 1 aromatic heterocycles. The molecule has 0 bridgehead atoms. The van der Waals surface area contributed by atoms with E-state index in [0.717, 1.165) is 15.0 Å². The summed E-state index contributed by atoms with van der Waals surface area (Å²) in [5.74, 6) is 0.00255. The first-order valence-electron chi connectivity index (χ1n) is 5.65. The molecule has 0 saturated carbocycles. The molecule has 1 aromatic carbocycles. The van der Waals surface area contributed by atoms with E-state index in [2.05, 4.69) is 0 Å². The lowest BCUT2D eigenvalue weighted by Gasteiger charge is -2.18. The van der Waals surface area contributed by atoms with Gasteiger partial charge < -0.3 is 10.0 Å². The summed E-state index contributed by atoms with van der Waals surface area (Å²) in [7, 11) is 0. The molecule has 0 atom stereocenters. The molecule has 0 fully saturated rings. The second kappa shape index (κ2) is 5.29. The summed E-state index contributed by atoms with van der Waals surface area (Å²) in [6.07, 6.45) is 0. The average Bonchev–Trinajstić information content (AvgIpc) is 2.78. The van der Waals surface area contributed by atoms with Crippen LogP contribution in [0.2, 0.25) is 0 Å². The van der Waals surface area contributed by atoms with Gasteiger partial charge >= 0.3 is 0 Å². The van der Waals surface area contributed by atoms with Gasteiger partial charge in [-0.2, -0.15) is 0 Å². The van der Waals surface area contributed by atoms with Gasteiger partial charge in [-0.25, -0.2) is 0 Å². The Labute approximate surface area is 104 Å². The Morgan fingerprint density at radius 1 is 1.41 bits per heavy atom. The number of aliphatic hydroxyl groups is 1. The van der Waals surface area contributed by atoms with Crippen molar-refractivity contribution in [2.75, 3.05) is 19.7 Å². The summed E-state index contributed by atoms with van der Waals surface area (Å²) in [4.78, 5) is 14.6. The quantitative estimate of drug-likeness (QED) is 0.903. The van der Waals surface area contributed by atoms with Crippen molar-refractivity contribution in [3.8, 4) is 0 Å². The Hall–Kier alpha value is -1.39. The number of amides is 1. The zero-order chi connectivity index (χ0) is 12.3. The zero-order valence-electron chi connectivity index (χ0n) is 9.72. The van der Waals surface area contributed by atoms with E-state index in [-0.39, 0.29) is 12.5 Å². The van der Waals surface area contributed by atoms with Gasteiger partial charge in [-0.3, -0.25) is 4.79 Å². The van der Waals surface area contributed by atoms with Crippen molar-refractivity contribution in [2.45, 2.75) is 6.92 Å². The van der Waals surface area contributed by atoms with Crippen molar-refractivity contribution in [2.24, 2.45) is 0 Å². The third kappa shape index (κ3) is 2.48. The Bertz CT molecular complexity index is 488. The Kier molecular flexibility index (Phi) is 3.76. The number of hydrogen-bond donors (Lipinski definition) is 1. The minimum Gasteiger partial charge on any atom is -0.395 e. The standard InChI is InChI=1S/C13H15NO2S/c1-2-14(7-8-15)13(16)12-9-10-5-3-4-6-11(10)17-12/h3-6,9,15H,2,7-8H2,1H3. The van der Waals surface area contributed by atoms with Crippen molar-refractivity contribution in [1.29, 1.82) is 0 Å². The summed E-state index contributed by atoms with van der Waals surface area (Å²) >= 11 is 1.50. The molecule has 0 radical (unpaired) electrons. The molecule has 1 amide bonds. The second-order valence-corrected chi connectivity index (χ2v) is 4.84. The van der Waals surface area contributed by atoms with Gasteiger partial charge in [-0.1, -0.05) is 18.2 Å². The van der Waals surface area contributed by atoms with Gasteiger partial charge in [-0.05, 0) is 24.4 Å². The molecule has 0 aliphatic rings. The lowest BCUT2D eigenvalue weighted by molar-refractivity contribution is 0.0737. The van der Waals surface area contributed by atoms with Crippen molar-refractivity contribution < 1.29 is 9.90 Å². The number of fused-ring (bicyclic) bond motifs is 1. The third-order valence-electron chi connectivity index (χ3n) is 2.68. The van der Waals surface area contributed by atoms with E-state index in [1.165, 1.54) is 11.3 Å². The first-order chi connectivity index (χ1) is 8.26. The molecule has 2 aromatic rings. The van der Waals surface area contributed by atoms with Gasteiger partial charge in [0.05, 0.1) is 11.5 Å². The topological polar surface area (TPSA) is 40.5 Å². The second-order valence-electron chi connectivity index (χ2n) is 3.76. The molecule has 0 aliphatic carbocycles. The van der Waals surface area contributed by atoms with Crippen molar-refractivity contribution in [3.63, 3.8) is 0 Å². The van der Waals surface area contributed by atoms with Gasteiger partial charge in [0.2, 0.25) is 0 Å². The van der Waals surface area contributed by atoms with Gasteiger partial charge in [0.25, 0.3) is 5.91 Å². The minimum absolute atomic E-state index is 0.00255. The number of hydrogen-bond acceptors (Lipinski definition) is 3. The highest BCUT2D eigenvalue weighted by Gasteiger charge is 2.15. The number of rotatable bonds is 4. The Morgan fingerprint density at radius 2 is 2.18 bits per heavy atom. The SMILES string of the molecule is CCN(CCO)C(=O)c1cc2ccccc2s1. The summed E-state index contributed by atoms with van der Waals surface area (Å²) < 4.78 is 1.12. The van der Waals surface area contributed by atoms with E-state index in [0.29, 0.717) is 13.1 Å². The highest BCUT2D eigenvalue weighted by atomic mass is 32.1. The fraction of sp³-hybridized carbons (Fsp3) is 0.308. The number of carbonyl (C=O) groups is 1. The maximum Gasteiger partial charge on any atom is 0.264 e. The van der Waals surface area contributed by atoms with Gasteiger partial charge in [-0.15, -0.1) is 11.3 Å². The fourth-order valence-electron chi connectivity index (χ4n) is 1.77. The normalized spacial score (nSPS) is 10.7. The number of nitrogens with zero attached hydrogens (tertiary/aromatic N) is 1. The largest absolute Gasteiger partial charge is 0.395 e. The monoisotopic (exact) mass is 249 g/mol. The molecule has 1 N–H and O–H groups in total. The molecular weight excluding hydrogens is 234 g/mol. The number of benzene rings is 1. The van der Waals surface area contributed by atoms with E-state index >= 15 is 0 Å². The van der Waals surface area contributed by atoms with E-state index in [1.54, 1.807) is 4.90 Å². The van der Waals surface area contributed by atoms with Gasteiger partial charge in [0.1, 0.15) is 0 Å². The smallest absolute Gasteiger partial charge is 0.264 e. The van der Waals surface area contributed by atoms with Crippen LogP contribution in [-0.2, 0) is 0 Å². The summed E-state index contributed by atoms with van der Waals surface area (Å²) in [5, 5.41) is 10.0. The molecule has 0 spiro atoms. The molecule has 90 valence electrons. The lowest BCUT2D eigenvalue weighted by atomic mass is 10.2. The molecule has 0 aliphatic heterocycles. The molecule has 4 heteroatoms. The first kappa shape index (κ1) is 12.1. The lowest BCUT2D eigenvalue weighted by Crippen LogP contribution is -2.32. The van der Waals surface area contributed by atoms with Crippen LogP contribution >= 0.6 is 11.3 Å². The fourth-order valence-corrected chi connectivity index (χ4v) is 2.80. The van der Waals surface area contributed by atoms with Gasteiger partial charge in [0, 0.05) is 17.8 Å². The first-order valence-corrected chi connectivity index (χ1v) is 6.46. The average molecular weight is 249 g/mol. The highest BCUT2D eigenvalue weighted by molar-refractivity contribution is 7.20. The van der Waals surface area contributed by atoms with Crippen LogP contribution in [-0.4, -0.2) is 35.6 Å². The number of likely N-dealkylation sites (N-methyl/N-ethyl adjacent to an activating group) is 1. The Morgan fingerprint density at radius 3 is 2.82 bits per heavy atom. The van der Waals surface area contributed by atoms with Gasteiger partial charge in [0.15, 0.2) is 0 Å². The molecular formula is C13H15NO2S. The van der Waals surface area contributed by atoms with E-state index in [9.17, 15) is 4.79 Å². The maximum absolute atomic E-state index is 12.2. The summed E-state index contributed by atoms with van der Waals surface area (Å²) in [6.45, 7) is 2.93. The van der Waals surface area contributed by atoms with Crippen LogP contribution in [0.3, 0.4) is 0 Å². The molecule has 0 unspecified atom stereocenters. The minimum atomic E-state index is 0.00255. The Balaban J connectivity index is 2.29. The molecule has 0 saturated heterocycles. The van der Waals surface area contributed by atoms with Crippen molar-refractivity contribution in [1.82, 2.24) is 4.90 Å². The van der Waals surface area contributed by atoms with E-state index in [1.807, 2.05) is 37.3 Å². The van der Waals surface area contributed by atoms with E-state index < -0.39 is 0 Å². The van der Waals surface area contributed by atoms with Crippen LogP contribution in [0.1, 0.15) is 16.6 Å². The van der Waals surface area contributed by atoms with Crippen LogP contribution in [0.25, 0.3) is 10.1 Å². The third-order valence-corrected chi connectivity index (χ3v) is 3.78. The number of thiophene rings is 1. The number of carbonyl (C=O) groups excluding carboxylic acids is 1. The predicted molar refractivity (Wildman–Crippen MR) is 70.5 cm³/mol. The van der Waals surface area contributed by atoms with Crippen LogP contribution in [0.5, 0.6) is 0 Å². The molecule has 1 heterocycles. The van der Waals surface area contributed by atoms with Crippen LogP contribution < -0.4 is 0 Å². The number of aliphatic hydroxyl groups excluding tert-OH is 1. The van der Waals surface area contributed by atoms with Crippen molar-refractivity contribution in [3.05, 3.63) is 35.2 Å². The van der Waals surface area contributed by atoms with Crippen molar-refractivity contribution >= 4 is 27.3 Å². The van der Waals surface area contributed by atoms with Crippen LogP contribution in [0.15, 0.2) is 30.3 Å². The predicted octanol–water partition coefficient (Wildman–Crippen LogP) is 2.36. The molecule has 3 nitrogen and oxygen atoms in total. The maximum atomic E-state index is 12.2. The summed E-state index contributed by atoms with van der Waals surface area (Å²) in [6, 6.07) is 9.87. The van der Waals surface area contributed by atoms with E-state index in [4.69, 9.17) is 5.11 Å². The highest BCUT2D eigenvalue weighted by Crippen LogP contribution is 2.26. The zero-order valence-corrected chi connectivity index (χ0v) is 10.5. The summed E-state index contributed by atoms with van der Waals surface area (Å²) in [5.41, 5.74) is 0. The molecule has 17 heavy (non-hydrogen) atoms. The molecule has 2 rings (SSSR count).